The average molecular weight is 354 g/mol. The molecule has 118 valence electrons. The van der Waals surface area contributed by atoms with Gasteiger partial charge in [0.2, 0.25) is 0 Å². The molecule has 1 aliphatic rings. The minimum atomic E-state index is 0.531. The van der Waals surface area contributed by atoms with Gasteiger partial charge in [-0.25, -0.2) is 0 Å². The van der Waals surface area contributed by atoms with E-state index in [9.17, 15) is 0 Å². The Morgan fingerprint density at radius 3 is 2.67 bits per heavy atom. The van der Waals surface area contributed by atoms with E-state index in [1.54, 1.807) is 0 Å². The van der Waals surface area contributed by atoms with Crippen LogP contribution in [0.15, 0.2) is 22.7 Å². The summed E-state index contributed by atoms with van der Waals surface area (Å²) in [4.78, 5) is 0. The predicted molar refractivity (Wildman–Crippen MR) is 92.8 cm³/mol. The number of hydrogen-bond donors (Lipinski definition) is 1. The summed E-state index contributed by atoms with van der Waals surface area (Å²) in [5, 5.41) is 3.72. The van der Waals surface area contributed by atoms with E-state index in [0.717, 1.165) is 29.8 Å². The monoisotopic (exact) mass is 353 g/mol. The molecule has 0 spiro atoms. The first-order valence-electron chi connectivity index (χ1n) is 8.15. The Labute approximate surface area is 137 Å². The first-order chi connectivity index (χ1) is 10.00. The van der Waals surface area contributed by atoms with Crippen LogP contribution in [0.5, 0.6) is 5.75 Å². The summed E-state index contributed by atoms with van der Waals surface area (Å²) >= 11 is 3.56. The van der Waals surface area contributed by atoms with Crippen molar-refractivity contribution in [2.24, 2.45) is 5.41 Å². The van der Waals surface area contributed by atoms with Crippen LogP contribution in [0, 0.1) is 5.41 Å². The molecular weight excluding hydrogens is 326 g/mol. The van der Waals surface area contributed by atoms with Crippen molar-refractivity contribution in [3.8, 4) is 5.75 Å². The number of benzene rings is 1. The van der Waals surface area contributed by atoms with Gasteiger partial charge in [0.05, 0.1) is 6.61 Å². The highest BCUT2D eigenvalue weighted by molar-refractivity contribution is 9.10. The molecule has 2 nitrogen and oxygen atoms in total. The fourth-order valence-corrected chi connectivity index (χ4v) is 3.31. The van der Waals surface area contributed by atoms with Crippen LogP contribution in [0.3, 0.4) is 0 Å². The predicted octanol–water partition coefficient (Wildman–Crippen LogP) is 5.30. The molecule has 3 heteroatoms. The van der Waals surface area contributed by atoms with E-state index in [-0.39, 0.29) is 0 Å². The van der Waals surface area contributed by atoms with Crippen LogP contribution in [0.25, 0.3) is 0 Å². The minimum absolute atomic E-state index is 0.531. The van der Waals surface area contributed by atoms with Crippen LogP contribution in [0.4, 0.5) is 0 Å². The molecule has 1 N–H and O–H groups in total. The first-order valence-corrected chi connectivity index (χ1v) is 8.94. The lowest BCUT2D eigenvalue weighted by atomic mass is 9.75. The summed E-state index contributed by atoms with van der Waals surface area (Å²) in [6.45, 7) is 8.58. The van der Waals surface area contributed by atoms with Crippen LogP contribution < -0.4 is 10.1 Å². The van der Waals surface area contributed by atoms with Crippen molar-refractivity contribution in [3.05, 3.63) is 28.2 Å². The van der Waals surface area contributed by atoms with Crippen LogP contribution in [0.2, 0.25) is 0 Å². The Morgan fingerprint density at radius 2 is 2.00 bits per heavy atom. The molecule has 0 aromatic heterocycles. The van der Waals surface area contributed by atoms with Gasteiger partial charge in [-0.15, -0.1) is 0 Å². The number of hydrogen-bond acceptors (Lipinski definition) is 2. The van der Waals surface area contributed by atoms with Crippen molar-refractivity contribution in [2.75, 3.05) is 6.61 Å². The molecule has 0 saturated heterocycles. The third kappa shape index (κ3) is 5.30. The van der Waals surface area contributed by atoms with E-state index in [1.165, 1.54) is 31.2 Å². The largest absolute Gasteiger partial charge is 0.493 e. The summed E-state index contributed by atoms with van der Waals surface area (Å²) in [6, 6.07) is 6.94. The van der Waals surface area contributed by atoms with Gasteiger partial charge in [0.15, 0.2) is 0 Å². The first kappa shape index (κ1) is 16.8. The van der Waals surface area contributed by atoms with Gasteiger partial charge >= 0.3 is 0 Å². The zero-order valence-corrected chi connectivity index (χ0v) is 15.1. The second kappa shape index (κ2) is 7.64. The van der Waals surface area contributed by atoms with Gasteiger partial charge < -0.3 is 10.1 Å². The lowest BCUT2D eigenvalue weighted by molar-refractivity contribution is 0.205. The van der Waals surface area contributed by atoms with E-state index >= 15 is 0 Å². The highest BCUT2D eigenvalue weighted by Crippen LogP contribution is 2.35. The maximum Gasteiger partial charge on any atom is 0.123 e. The van der Waals surface area contributed by atoms with Crippen LogP contribution in [0.1, 0.15) is 58.4 Å². The van der Waals surface area contributed by atoms with E-state index < -0.39 is 0 Å². The van der Waals surface area contributed by atoms with Crippen molar-refractivity contribution < 1.29 is 4.74 Å². The van der Waals surface area contributed by atoms with Crippen LogP contribution >= 0.6 is 15.9 Å². The van der Waals surface area contributed by atoms with E-state index in [1.807, 2.05) is 0 Å². The summed E-state index contributed by atoms with van der Waals surface area (Å²) < 4.78 is 6.97. The Balaban J connectivity index is 1.91. The second-order valence-electron chi connectivity index (χ2n) is 6.92. The Hall–Kier alpha value is -0.540. The maximum atomic E-state index is 5.85. The fourth-order valence-electron chi connectivity index (χ4n) is 2.90. The van der Waals surface area contributed by atoms with Gasteiger partial charge in [-0.1, -0.05) is 36.7 Å². The quantitative estimate of drug-likeness (QED) is 0.749. The van der Waals surface area contributed by atoms with Crippen molar-refractivity contribution in [1.82, 2.24) is 5.32 Å². The highest BCUT2D eigenvalue weighted by atomic mass is 79.9. The third-order valence-electron chi connectivity index (χ3n) is 4.40. The lowest BCUT2D eigenvalue weighted by Gasteiger charge is -2.34. The van der Waals surface area contributed by atoms with Gasteiger partial charge in [-0.2, -0.15) is 0 Å². The molecule has 1 aromatic rings. The molecular formula is C18H28BrNO. The van der Waals surface area contributed by atoms with Crippen molar-refractivity contribution in [2.45, 2.75) is 65.5 Å². The van der Waals surface area contributed by atoms with Crippen molar-refractivity contribution in [1.29, 1.82) is 0 Å². The Bertz CT molecular complexity index is 449. The average Bonchev–Trinajstić information content (AvgIpc) is 2.45. The van der Waals surface area contributed by atoms with E-state index in [0.29, 0.717) is 11.5 Å². The van der Waals surface area contributed by atoms with Crippen molar-refractivity contribution in [3.63, 3.8) is 0 Å². The molecule has 1 aromatic carbocycles. The normalized spacial score (nSPS) is 18.7. The molecule has 0 amide bonds. The molecule has 0 heterocycles. The SMILES string of the molecule is CCCOc1ccc(Br)cc1CNC1CCC(C)(C)CC1. The molecule has 0 atom stereocenters. The number of nitrogens with one attached hydrogen (secondary N) is 1. The number of rotatable bonds is 6. The van der Waals surface area contributed by atoms with Gasteiger partial charge in [-0.3, -0.25) is 0 Å². The number of ether oxygens (including phenoxy) is 1. The lowest BCUT2D eigenvalue weighted by Crippen LogP contribution is -2.35. The molecule has 21 heavy (non-hydrogen) atoms. The summed E-state index contributed by atoms with van der Waals surface area (Å²) in [5.74, 6) is 1.02. The van der Waals surface area contributed by atoms with E-state index in [4.69, 9.17) is 4.74 Å². The third-order valence-corrected chi connectivity index (χ3v) is 4.90. The molecule has 1 aliphatic carbocycles. The molecule has 0 radical (unpaired) electrons. The zero-order chi connectivity index (χ0) is 15.3. The Kier molecular flexibility index (Phi) is 6.12. The number of halogens is 1. The van der Waals surface area contributed by atoms with E-state index in [2.05, 4.69) is 60.2 Å². The summed E-state index contributed by atoms with van der Waals surface area (Å²) in [5.41, 5.74) is 1.78. The van der Waals surface area contributed by atoms with Crippen molar-refractivity contribution >= 4 is 15.9 Å². The van der Waals surface area contributed by atoms with Gasteiger partial charge in [-0.05, 0) is 55.7 Å². The molecule has 0 aliphatic heterocycles. The zero-order valence-electron chi connectivity index (χ0n) is 13.5. The van der Waals surface area contributed by atoms with Gasteiger partial charge in [0.25, 0.3) is 0 Å². The van der Waals surface area contributed by atoms with Gasteiger partial charge in [0, 0.05) is 22.6 Å². The maximum absolute atomic E-state index is 5.85. The molecule has 1 fully saturated rings. The topological polar surface area (TPSA) is 21.3 Å². The second-order valence-corrected chi connectivity index (χ2v) is 7.84. The Morgan fingerprint density at radius 1 is 1.29 bits per heavy atom. The van der Waals surface area contributed by atoms with Crippen LogP contribution in [-0.2, 0) is 6.54 Å². The highest BCUT2D eigenvalue weighted by Gasteiger charge is 2.26. The minimum Gasteiger partial charge on any atom is -0.493 e. The molecule has 0 bridgehead atoms. The molecule has 1 saturated carbocycles. The molecule has 2 rings (SSSR count). The fraction of sp³-hybridized carbons (Fsp3) is 0.667. The summed E-state index contributed by atoms with van der Waals surface area (Å²) in [6.07, 6.45) is 6.25. The van der Waals surface area contributed by atoms with Gasteiger partial charge in [0.1, 0.15) is 5.75 Å². The smallest absolute Gasteiger partial charge is 0.123 e. The van der Waals surface area contributed by atoms with Crippen LogP contribution in [-0.4, -0.2) is 12.6 Å². The standard InChI is InChI=1S/C18H28BrNO/c1-4-11-21-17-6-5-15(19)12-14(17)13-20-16-7-9-18(2,3)10-8-16/h5-6,12,16,20H,4,7-11,13H2,1-3H3. The summed E-state index contributed by atoms with van der Waals surface area (Å²) in [7, 11) is 0. The molecule has 0 unspecified atom stereocenters.